The molecule has 4 heteroatoms. The zero-order valence-electron chi connectivity index (χ0n) is 9.46. The highest BCUT2D eigenvalue weighted by molar-refractivity contribution is 5.79. The van der Waals surface area contributed by atoms with Crippen LogP contribution in [0.5, 0.6) is 0 Å². The molecule has 0 spiro atoms. The van der Waals surface area contributed by atoms with Crippen molar-refractivity contribution in [3.8, 4) is 11.4 Å². The van der Waals surface area contributed by atoms with Crippen molar-refractivity contribution in [3.05, 3.63) is 42.7 Å². The van der Waals surface area contributed by atoms with E-state index in [2.05, 4.69) is 9.97 Å². The van der Waals surface area contributed by atoms with E-state index in [4.69, 9.17) is 5.73 Å². The number of aromatic nitrogens is 3. The van der Waals surface area contributed by atoms with Gasteiger partial charge in [-0.05, 0) is 30.3 Å². The van der Waals surface area contributed by atoms with E-state index in [1.165, 1.54) is 0 Å². The Morgan fingerprint density at radius 3 is 2.59 bits per heavy atom. The van der Waals surface area contributed by atoms with Crippen LogP contribution in [0, 0.1) is 0 Å². The predicted molar refractivity (Wildman–Crippen MR) is 68.4 cm³/mol. The van der Waals surface area contributed by atoms with Gasteiger partial charge in [0.1, 0.15) is 5.82 Å². The molecule has 3 rings (SSSR count). The zero-order valence-corrected chi connectivity index (χ0v) is 9.46. The fraction of sp³-hybridized carbons (Fsp3) is 0.0769. The van der Waals surface area contributed by atoms with Crippen LogP contribution in [0.4, 0.5) is 5.69 Å². The van der Waals surface area contributed by atoms with Crippen LogP contribution in [0.3, 0.4) is 0 Å². The average Bonchev–Trinajstić information content (AvgIpc) is 2.69. The molecule has 1 aromatic carbocycles. The van der Waals surface area contributed by atoms with E-state index in [9.17, 15) is 0 Å². The van der Waals surface area contributed by atoms with Crippen LogP contribution in [0.15, 0.2) is 42.7 Å². The van der Waals surface area contributed by atoms with Gasteiger partial charge in [-0.15, -0.1) is 0 Å². The number of aryl methyl sites for hydroxylation is 1. The highest BCUT2D eigenvalue weighted by Crippen LogP contribution is 2.23. The summed E-state index contributed by atoms with van der Waals surface area (Å²) in [6.45, 7) is 0. The van der Waals surface area contributed by atoms with Crippen molar-refractivity contribution in [2.45, 2.75) is 0 Å². The van der Waals surface area contributed by atoms with Crippen molar-refractivity contribution in [1.82, 2.24) is 14.5 Å². The summed E-state index contributed by atoms with van der Waals surface area (Å²) in [4.78, 5) is 8.71. The number of nitrogens with zero attached hydrogens (tertiary/aromatic N) is 3. The van der Waals surface area contributed by atoms with E-state index in [-0.39, 0.29) is 0 Å². The van der Waals surface area contributed by atoms with Crippen LogP contribution < -0.4 is 5.73 Å². The van der Waals surface area contributed by atoms with Crippen molar-refractivity contribution in [2.75, 3.05) is 5.73 Å². The molecule has 2 N–H and O–H groups in total. The fourth-order valence-electron chi connectivity index (χ4n) is 1.93. The molecule has 0 unspecified atom stereocenters. The van der Waals surface area contributed by atoms with Crippen molar-refractivity contribution in [3.63, 3.8) is 0 Å². The Balaban J connectivity index is 2.24. The van der Waals surface area contributed by atoms with Crippen LogP contribution in [0.1, 0.15) is 0 Å². The van der Waals surface area contributed by atoms with Gasteiger partial charge in [0.2, 0.25) is 0 Å². The van der Waals surface area contributed by atoms with Gasteiger partial charge in [-0.3, -0.25) is 4.98 Å². The van der Waals surface area contributed by atoms with Gasteiger partial charge in [-0.1, -0.05) is 0 Å². The van der Waals surface area contributed by atoms with Gasteiger partial charge in [-0.25, -0.2) is 4.98 Å². The highest BCUT2D eigenvalue weighted by atomic mass is 15.1. The lowest BCUT2D eigenvalue weighted by Crippen LogP contribution is -1.93. The number of rotatable bonds is 1. The van der Waals surface area contributed by atoms with Crippen molar-refractivity contribution in [1.29, 1.82) is 0 Å². The summed E-state index contributed by atoms with van der Waals surface area (Å²) >= 11 is 0. The van der Waals surface area contributed by atoms with Crippen molar-refractivity contribution in [2.24, 2.45) is 7.05 Å². The standard InChI is InChI=1S/C13H12N4/c1-17-12-8-15-7-6-11(12)16-13(17)9-2-4-10(14)5-3-9/h2-8H,14H2,1H3. The maximum atomic E-state index is 5.68. The Bertz CT molecular complexity index is 667. The summed E-state index contributed by atoms with van der Waals surface area (Å²) in [5.74, 6) is 0.924. The summed E-state index contributed by atoms with van der Waals surface area (Å²) in [5, 5.41) is 0. The minimum atomic E-state index is 0.759. The van der Waals surface area contributed by atoms with Gasteiger partial charge in [-0.2, -0.15) is 0 Å². The first kappa shape index (κ1) is 9.84. The predicted octanol–water partition coefficient (Wildman–Crippen LogP) is 2.22. The number of fused-ring (bicyclic) bond motifs is 1. The molecule has 3 aromatic rings. The summed E-state index contributed by atoms with van der Waals surface area (Å²) in [6, 6.07) is 9.63. The zero-order chi connectivity index (χ0) is 11.8. The van der Waals surface area contributed by atoms with Gasteiger partial charge in [0.15, 0.2) is 0 Å². The van der Waals surface area contributed by atoms with Crippen LogP contribution in [0.2, 0.25) is 0 Å². The number of nitrogen functional groups attached to an aromatic ring is 1. The first-order valence-electron chi connectivity index (χ1n) is 5.38. The van der Waals surface area contributed by atoms with Gasteiger partial charge in [0.25, 0.3) is 0 Å². The van der Waals surface area contributed by atoms with Gasteiger partial charge in [0, 0.05) is 24.5 Å². The lowest BCUT2D eigenvalue weighted by molar-refractivity contribution is 0.956. The molecule has 0 amide bonds. The molecule has 0 saturated heterocycles. The minimum Gasteiger partial charge on any atom is -0.399 e. The molecule has 0 aliphatic rings. The molecule has 0 radical (unpaired) electrons. The molecule has 2 heterocycles. The van der Waals surface area contributed by atoms with E-state index in [0.717, 1.165) is 28.1 Å². The van der Waals surface area contributed by atoms with E-state index < -0.39 is 0 Å². The third kappa shape index (κ3) is 1.54. The topological polar surface area (TPSA) is 56.7 Å². The molecular weight excluding hydrogens is 212 g/mol. The number of nitrogens with two attached hydrogens (primary N) is 1. The lowest BCUT2D eigenvalue weighted by Gasteiger charge is -2.02. The molecule has 0 saturated carbocycles. The monoisotopic (exact) mass is 224 g/mol. The Morgan fingerprint density at radius 1 is 1.12 bits per heavy atom. The fourth-order valence-corrected chi connectivity index (χ4v) is 1.93. The van der Waals surface area contributed by atoms with Crippen molar-refractivity contribution < 1.29 is 0 Å². The van der Waals surface area contributed by atoms with E-state index in [1.54, 1.807) is 6.20 Å². The van der Waals surface area contributed by atoms with Crippen molar-refractivity contribution >= 4 is 16.7 Å². The Hall–Kier alpha value is -2.36. The second-order valence-electron chi connectivity index (χ2n) is 3.98. The van der Waals surface area contributed by atoms with Crippen LogP contribution in [-0.4, -0.2) is 14.5 Å². The molecule has 0 atom stereocenters. The van der Waals surface area contributed by atoms with Crippen LogP contribution in [0.25, 0.3) is 22.4 Å². The summed E-state index contributed by atoms with van der Waals surface area (Å²) in [5.41, 5.74) is 9.47. The smallest absolute Gasteiger partial charge is 0.140 e. The second-order valence-corrected chi connectivity index (χ2v) is 3.98. The quantitative estimate of drug-likeness (QED) is 0.645. The largest absolute Gasteiger partial charge is 0.399 e. The van der Waals surface area contributed by atoms with Crippen LogP contribution in [-0.2, 0) is 7.05 Å². The molecule has 0 fully saturated rings. The summed E-state index contributed by atoms with van der Waals surface area (Å²) in [6.07, 6.45) is 3.57. The third-order valence-electron chi connectivity index (χ3n) is 2.85. The third-order valence-corrected chi connectivity index (χ3v) is 2.85. The normalized spacial score (nSPS) is 10.9. The molecule has 4 nitrogen and oxygen atoms in total. The molecule has 17 heavy (non-hydrogen) atoms. The lowest BCUT2D eigenvalue weighted by atomic mass is 10.2. The number of anilines is 1. The number of hydrogen-bond donors (Lipinski definition) is 1. The number of benzene rings is 1. The Labute approximate surface area is 98.7 Å². The van der Waals surface area contributed by atoms with E-state index in [1.807, 2.05) is 48.1 Å². The molecule has 0 aliphatic carbocycles. The van der Waals surface area contributed by atoms with Gasteiger partial charge in [0.05, 0.1) is 17.2 Å². The van der Waals surface area contributed by atoms with E-state index >= 15 is 0 Å². The first-order chi connectivity index (χ1) is 8.25. The molecule has 2 aromatic heterocycles. The first-order valence-corrected chi connectivity index (χ1v) is 5.38. The summed E-state index contributed by atoms with van der Waals surface area (Å²) in [7, 11) is 1.99. The SMILES string of the molecule is Cn1c(-c2ccc(N)cc2)nc2ccncc21. The maximum Gasteiger partial charge on any atom is 0.140 e. The molecular formula is C13H12N4. The number of hydrogen-bond acceptors (Lipinski definition) is 3. The maximum absolute atomic E-state index is 5.68. The average molecular weight is 224 g/mol. The molecule has 84 valence electrons. The Morgan fingerprint density at radius 2 is 1.88 bits per heavy atom. The van der Waals surface area contributed by atoms with Gasteiger partial charge >= 0.3 is 0 Å². The van der Waals surface area contributed by atoms with E-state index in [0.29, 0.717) is 0 Å². The van der Waals surface area contributed by atoms with Crippen LogP contribution >= 0.6 is 0 Å². The molecule has 0 bridgehead atoms. The highest BCUT2D eigenvalue weighted by Gasteiger charge is 2.08. The summed E-state index contributed by atoms with van der Waals surface area (Å²) < 4.78 is 2.04. The Kier molecular flexibility index (Phi) is 2.08. The van der Waals surface area contributed by atoms with Gasteiger partial charge < -0.3 is 10.3 Å². The molecule has 0 aliphatic heterocycles. The number of pyridine rings is 1. The minimum absolute atomic E-state index is 0.759. The second kappa shape index (κ2) is 3.59. The number of imidazole rings is 1.